The normalized spacial score (nSPS) is 24.8. The summed E-state index contributed by atoms with van der Waals surface area (Å²) in [5.41, 5.74) is 0.941. The van der Waals surface area contributed by atoms with E-state index in [9.17, 15) is 14.7 Å². The van der Waals surface area contributed by atoms with Gasteiger partial charge in [0.2, 0.25) is 5.91 Å². The van der Waals surface area contributed by atoms with Gasteiger partial charge in [0.1, 0.15) is 0 Å². The van der Waals surface area contributed by atoms with E-state index in [1.54, 1.807) is 18.0 Å². The number of carboxylic acids is 1. The van der Waals surface area contributed by atoms with Crippen LogP contribution < -0.4 is 0 Å². The quantitative estimate of drug-likeness (QED) is 0.930. The van der Waals surface area contributed by atoms with Gasteiger partial charge in [-0.2, -0.15) is 0 Å². The molecule has 0 aromatic heterocycles. The molecule has 0 saturated heterocycles. The zero-order valence-corrected chi connectivity index (χ0v) is 13.0. The number of hydrogen-bond acceptors (Lipinski definition) is 2. The zero-order chi connectivity index (χ0) is 15.6. The number of nitrogens with zero attached hydrogens (tertiary/aromatic N) is 1. The van der Waals surface area contributed by atoms with Gasteiger partial charge in [0.15, 0.2) is 0 Å². The van der Waals surface area contributed by atoms with E-state index in [1.807, 2.05) is 25.1 Å². The largest absolute Gasteiger partial charge is 0.481 e. The lowest BCUT2D eigenvalue weighted by Crippen LogP contribution is -2.36. The maximum Gasteiger partial charge on any atom is 0.307 e. The van der Waals surface area contributed by atoms with Crippen molar-refractivity contribution < 1.29 is 14.7 Å². The number of carboxylic acid groups (broad SMARTS) is 1. The van der Waals surface area contributed by atoms with Crippen LogP contribution >= 0.6 is 11.6 Å². The molecule has 1 N–H and O–H groups in total. The highest BCUT2D eigenvalue weighted by molar-refractivity contribution is 6.30. The standard InChI is InChI=1S/C16H20ClNO3/c1-10-6-13(14(7-10)16(20)21)15(19)18(2)9-11-4-3-5-12(17)8-11/h3-5,8,10,13-14H,6-7,9H2,1-2H3,(H,20,21). The molecule has 114 valence electrons. The molecule has 1 fully saturated rings. The van der Waals surface area contributed by atoms with Crippen LogP contribution in [0.1, 0.15) is 25.3 Å². The minimum absolute atomic E-state index is 0.0910. The summed E-state index contributed by atoms with van der Waals surface area (Å²) in [6, 6.07) is 7.35. The van der Waals surface area contributed by atoms with Gasteiger partial charge in [0.05, 0.1) is 11.8 Å². The lowest BCUT2D eigenvalue weighted by molar-refractivity contribution is -0.148. The van der Waals surface area contributed by atoms with Gasteiger partial charge in [-0.05, 0) is 36.5 Å². The van der Waals surface area contributed by atoms with Crippen LogP contribution in [0.2, 0.25) is 5.02 Å². The monoisotopic (exact) mass is 309 g/mol. The predicted octanol–water partition coefficient (Wildman–Crippen LogP) is 3.05. The average molecular weight is 310 g/mol. The van der Waals surface area contributed by atoms with Crippen molar-refractivity contribution in [2.75, 3.05) is 7.05 Å². The molecular weight excluding hydrogens is 290 g/mol. The molecule has 0 spiro atoms. The summed E-state index contributed by atoms with van der Waals surface area (Å²) in [5.74, 6) is -1.66. The summed E-state index contributed by atoms with van der Waals surface area (Å²) in [6.07, 6.45) is 1.23. The highest BCUT2D eigenvalue weighted by Gasteiger charge is 2.42. The third-order valence-electron chi connectivity index (χ3n) is 4.12. The van der Waals surface area contributed by atoms with Gasteiger partial charge in [-0.3, -0.25) is 9.59 Å². The Morgan fingerprint density at radius 2 is 2.00 bits per heavy atom. The molecule has 2 rings (SSSR count). The molecule has 0 bridgehead atoms. The van der Waals surface area contributed by atoms with Crippen molar-refractivity contribution in [1.29, 1.82) is 0 Å². The lowest BCUT2D eigenvalue weighted by atomic mass is 9.95. The Labute approximate surface area is 129 Å². The number of aliphatic carboxylic acids is 1. The van der Waals surface area contributed by atoms with Crippen molar-refractivity contribution in [2.45, 2.75) is 26.3 Å². The Morgan fingerprint density at radius 1 is 1.33 bits per heavy atom. The van der Waals surface area contributed by atoms with Gasteiger partial charge >= 0.3 is 5.97 Å². The fraction of sp³-hybridized carbons (Fsp3) is 0.500. The number of benzene rings is 1. The molecule has 21 heavy (non-hydrogen) atoms. The Morgan fingerprint density at radius 3 is 2.62 bits per heavy atom. The van der Waals surface area contributed by atoms with E-state index >= 15 is 0 Å². The SMILES string of the molecule is CC1CC(C(=O)O)C(C(=O)N(C)Cc2cccc(Cl)c2)C1. The van der Waals surface area contributed by atoms with Gasteiger partial charge in [-0.25, -0.2) is 0 Å². The molecule has 1 saturated carbocycles. The Kier molecular flexibility index (Phi) is 4.88. The molecule has 5 heteroatoms. The van der Waals surface area contributed by atoms with Crippen molar-refractivity contribution in [3.8, 4) is 0 Å². The highest BCUT2D eigenvalue weighted by Crippen LogP contribution is 2.37. The maximum absolute atomic E-state index is 12.5. The number of halogens is 1. The van der Waals surface area contributed by atoms with Gasteiger partial charge in [-0.1, -0.05) is 30.7 Å². The van der Waals surface area contributed by atoms with Crippen LogP contribution in [0.5, 0.6) is 0 Å². The molecule has 0 radical (unpaired) electrons. The van der Waals surface area contributed by atoms with E-state index in [2.05, 4.69) is 0 Å². The van der Waals surface area contributed by atoms with Crippen molar-refractivity contribution in [1.82, 2.24) is 4.90 Å². The zero-order valence-electron chi connectivity index (χ0n) is 12.3. The summed E-state index contributed by atoms with van der Waals surface area (Å²) < 4.78 is 0. The van der Waals surface area contributed by atoms with Gasteiger partial charge < -0.3 is 10.0 Å². The summed E-state index contributed by atoms with van der Waals surface area (Å²) in [7, 11) is 1.71. The van der Waals surface area contributed by atoms with Crippen molar-refractivity contribution in [2.24, 2.45) is 17.8 Å². The molecule has 4 nitrogen and oxygen atoms in total. The lowest BCUT2D eigenvalue weighted by Gasteiger charge is -2.23. The van der Waals surface area contributed by atoms with Crippen LogP contribution in [0.25, 0.3) is 0 Å². The average Bonchev–Trinajstić information content (AvgIpc) is 2.80. The molecule has 3 unspecified atom stereocenters. The Hall–Kier alpha value is -1.55. The van der Waals surface area contributed by atoms with E-state index in [1.165, 1.54) is 0 Å². The first-order valence-corrected chi connectivity index (χ1v) is 7.48. The van der Waals surface area contributed by atoms with Gasteiger partial charge in [-0.15, -0.1) is 0 Å². The Bertz CT molecular complexity index is 546. The molecule has 1 aliphatic carbocycles. The van der Waals surface area contributed by atoms with Crippen LogP contribution in [0.15, 0.2) is 24.3 Å². The number of hydrogen-bond donors (Lipinski definition) is 1. The second-order valence-electron chi connectivity index (χ2n) is 5.95. The van der Waals surface area contributed by atoms with Crippen LogP contribution in [0, 0.1) is 17.8 Å². The van der Waals surface area contributed by atoms with Crippen molar-refractivity contribution in [3.63, 3.8) is 0 Å². The number of amides is 1. The van der Waals surface area contributed by atoms with E-state index in [-0.39, 0.29) is 11.8 Å². The fourth-order valence-electron chi connectivity index (χ4n) is 3.11. The minimum Gasteiger partial charge on any atom is -0.481 e. The number of carbonyl (C=O) groups is 2. The molecule has 1 amide bonds. The maximum atomic E-state index is 12.5. The second-order valence-corrected chi connectivity index (χ2v) is 6.39. The minimum atomic E-state index is -0.867. The van der Waals surface area contributed by atoms with E-state index in [4.69, 9.17) is 11.6 Å². The smallest absolute Gasteiger partial charge is 0.307 e. The summed E-state index contributed by atoms with van der Waals surface area (Å²) in [6.45, 7) is 2.44. The van der Waals surface area contributed by atoms with E-state index < -0.39 is 17.8 Å². The summed E-state index contributed by atoms with van der Waals surface area (Å²) >= 11 is 5.94. The molecule has 1 aromatic carbocycles. The third kappa shape index (κ3) is 3.76. The fourth-order valence-corrected chi connectivity index (χ4v) is 3.32. The first-order valence-electron chi connectivity index (χ1n) is 7.10. The molecule has 0 aliphatic heterocycles. The Balaban J connectivity index is 2.06. The third-order valence-corrected chi connectivity index (χ3v) is 4.35. The molecule has 1 aromatic rings. The van der Waals surface area contributed by atoms with Crippen molar-refractivity contribution in [3.05, 3.63) is 34.9 Å². The van der Waals surface area contributed by atoms with Crippen LogP contribution in [-0.2, 0) is 16.1 Å². The predicted molar refractivity (Wildman–Crippen MR) is 80.9 cm³/mol. The van der Waals surface area contributed by atoms with E-state index in [0.717, 1.165) is 5.56 Å². The van der Waals surface area contributed by atoms with Gasteiger partial charge in [0.25, 0.3) is 0 Å². The van der Waals surface area contributed by atoms with Crippen LogP contribution in [-0.4, -0.2) is 28.9 Å². The highest BCUT2D eigenvalue weighted by atomic mass is 35.5. The van der Waals surface area contributed by atoms with Crippen LogP contribution in [0.4, 0.5) is 0 Å². The van der Waals surface area contributed by atoms with E-state index in [0.29, 0.717) is 24.4 Å². The first-order chi connectivity index (χ1) is 9.88. The van der Waals surface area contributed by atoms with Crippen molar-refractivity contribution >= 4 is 23.5 Å². The number of carbonyl (C=O) groups excluding carboxylic acids is 1. The molecule has 3 atom stereocenters. The van der Waals surface area contributed by atoms with Gasteiger partial charge in [0, 0.05) is 18.6 Å². The van der Waals surface area contributed by atoms with Crippen LogP contribution in [0.3, 0.4) is 0 Å². The summed E-state index contributed by atoms with van der Waals surface area (Å²) in [5, 5.41) is 9.90. The number of rotatable bonds is 4. The summed E-state index contributed by atoms with van der Waals surface area (Å²) in [4.78, 5) is 25.4. The molecular formula is C16H20ClNO3. The molecule has 0 heterocycles. The molecule has 1 aliphatic rings. The first kappa shape index (κ1) is 15.8. The second kappa shape index (κ2) is 6.48. The topological polar surface area (TPSA) is 57.6 Å².